The maximum absolute atomic E-state index is 6.34. The van der Waals surface area contributed by atoms with Gasteiger partial charge in [0.1, 0.15) is 0 Å². The van der Waals surface area contributed by atoms with Crippen molar-refractivity contribution in [2.45, 2.75) is 34.1 Å². The Morgan fingerprint density at radius 3 is 2.16 bits per heavy atom. The van der Waals surface area contributed by atoms with Crippen LogP contribution in [0.3, 0.4) is 0 Å². The SMILES string of the molecule is Cc1ccc(N)c2c1-c1c(C)c(C)c(C)c(N)c1C2. The summed E-state index contributed by atoms with van der Waals surface area (Å²) in [5, 5.41) is 0. The minimum atomic E-state index is 0.867. The molecule has 2 aromatic carbocycles. The summed E-state index contributed by atoms with van der Waals surface area (Å²) >= 11 is 0. The third-order valence-electron chi connectivity index (χ3n) is 4.69. The van der Waals surface area contributed by atoms with Crippen LogP contribution in [0.15, 0.2) is 12.1 Å². The molecule has 2 nitrogen and oxygen atoms in total. The van der Waals surface area contributed by atoms with Crippen LogP contribution < -0.4 is 11.5 Å². The molecule has 1 aliphatic rings. The van der Waals surface area contributed by atoms with Crippen molar-refractivity contribution in [3.8, 4) is 11.1 Å². The molecule has 0 spiro atoms. The molecule has 0 amide bonds. The summed E-state index contributed by atoms with van der Waals surface area (Å²) < 4.78 is 0. The van der Waals surface area contributed by atoms with Gasteiger partial charge in [0.25, 0.3) is 0 Å². The van der Waals surface area contributed by atoms with Crippen LogP contribution in [0.2, 0.25) is 0 Å². The Labute approximate surface area is 114 Å². The van der Waals surface area contributed by atoms with Gasteiger partial charge >= 0.3 is 0 Å². The predicted octanol–water partition coefficient (Wildman–Crippen LogP) is 3.66. The van der Waals surface area contributed by atoms with Crippen molar-refractivity contribution in [3.05, 3.63) is 45.5 Å². The average Bonchev–Trinajstić information content (AvgIpc) is 2.80. The zero-order valence-electron chi connectivity index (χ0n) is 12.0. The minimum Gasteiger partial charge on any atom is -0.398 e. The van der Waals surface area contributed by atoms with E-state index in [1.165, 1.54) is 44.5 Å². The molecule has 0 saturated carbocycles. The van der Waals surface area contributed by atoms with Crippen LogP contribution in [0.4, 0.5) is 11.4 Å². The van der Waals surface area contributed by atoms with Gasteiger partial charge in [-0.2, -0.15) is 0 Å². The number of hydrogen-bond acceptors (Lipinski definition) is 2. The van der Waals surface area contributed by atoms with E-state index < -0.39 is 0 Å². The Bertz CT molecular complexity index is 712. The third kappa shape index (κ3) is 1.43. The normalized spacial score (nSPS) is 12.4. The molecule has 98 valence electrons. The molecule has 3 rings (SSSR count). The van der Waals surface area contributed by atoms with Crippen molar-refractivity contribution in [3.63, 3.8) is 0 Å². The summed E-state index contributed by atoms with van der Waals surface area (Å²) in [5.74, 6) is 0. The maximum Gasteiger partial charge on any atom is 0.0388 e. The van der Waals surface area contributed by atoms with Crippen molar-refractivity contribution >= 4 is 11.4 Å². The summed E-state index contributed by atoms with van der Waals surface area (Å²) in [5.41, 5.74) is 24.6. The fourth-order valence-electron chi connectivity index (χ4n) is 3.28. The molecule has 0 heterocycles. The summed E-state index contributed by atoms with van der Waals surface area (Å²) in [7, 11) is 0. The molecular formula is C17H20N2. The van der Waals surface area contributed by atoms with E-state index in [2.05, 4.69) is 33.8 Å². The molecule has 0 bridgehead atoms. The van der Waals surface area contributed by atoms with Gasteiger partial charge in [-0.1, -0.05) is 6.07 Å². The van der Waals surface area contributed by atoms with E-state index in [0.29, 0.717) is 0 Å². The predicted molar refractivity (Wildman–Crippen MR) is 82.5 cm³/mol. The number of fused-ring (bicyclic) bond motifs is 3. The topological polar surface area (TPSA) is 52.0 Å². The fraction of sp³-hybridized carbons (Fsp3) is 0.294. The van der Waals surface area contributed by atoms with Gasteiger partial charge in [-0.15, -0.1) is 0 Å². The third-order valence-corrected chi connectivity index (χ3v) is 4.69. The summed E-state index contributed by atoms with van der Waals surface area (Å²) in [6, 6.07) is 4.11. The van der Waals surface area contributed by atoms with E-state index in [9.17, 15) is 0 Å². The lowest BCUT2D eigenvalue weighted by atomic mass is 9.90. The van der Waals surface area contributed by atoms with Crippen molar-refractivity contribution < 1.29 is 0 Å². The molecule has 0 unspecified atom stereocenters. The van der Waals surface area contributed by atoms with E-state index >= 15 is 0 Å². The van der Waals surface area contributed by atoms with Crippen LogP contribution in [0.1, 0.15) is 33.4 Å². The Kier molecular flexibility index (Phi) is 2.40. The molecule has 2 heteroatoms. The van der Waals surface area contributed by atoms with Gasteiger partial charge in [0, 0.05) is 17.8 Å². The largest absolute Gasteiger partial charge is 0.398 e. The number of anilines is 2. The molecule has 19 heavy (non-hydrogen) atoms. The van der Waals surface area contributed by atoms with Gasteiger partial charge in [0.2, 0.25) is 0 Å². The van der Waals surface area contributed by atoms with Crippen molar-refractivity contribution in [1.29, 1.82) is 0 Å². The van der Waals surface area contributed by atoms with Gasteiger partial charge in [-0.25, -0.2) is 0 Å². The lowest BCUT2D eigenvalue weighted by Gasteiger charge is -2.16. The first-order valence-electron chi connectivity index (χ1n) is 6.70. The number of hydrogen-bond donors (Lipinski definition) is 2. The number of rotatable bonds is 0. The Morgan fingerprint density at radius 1 is 0.789 bits per heavy atom. The molecule has 4 N–H and O–H groups in total. The Morgan fingerprint density at radius 2 is 1.47 bits per heavy atom. The molecule has 0 atom stereocenters. The molecule has 2 aromatic rings. The highest BCUT2D eigenvalue weighted by Crippen LogP contribution is 2.47. The van der Waals surface area contributed by atoms with E-state index in [1.54, 1.807) is 0 Å². The zero-order valence-corrected chi connectivity index (χ0v) is 12.0. The van der Waals surface area contributed by atoms with Crippen molar-refractivity contribution in [2.75, 3.05) is 11.5 Å². The summed E-state index contributed by atoms with van der Waals surface area (Å²) in [6.07, 6.45) is 0.867. The van der Waals surface area contributed by atoms with E-state index in [1.807, 2.05) is 6.07 Å². The molecule has 0 saturated heterocycles. The number of aryl methyl sites for hydroxylation is 1. The molecule has 1 aliphatic carbocycles. The van der Waals surface area contributed by atoms with Crippen LogP contribution in [0.5, 0.6) is 0 Å². The van der Waals surface area contributed by atoms with Gasteiger partial charge in [-0.3, -0.25) is 0 Å². The van der Waals surface area contributed by atoms with Gasteiger partial charge in [-0.05, 0) is 78.3 Å². The van der Waals surface area contributed by atoms with Crippen molar-refractivity contribution in [2.24, 2.45) is 0 Å². The second-order valence-corrected chi connectivity index (χ2v) is 5.64. The molecule has 0 aromatic heterocycles. The molecular weight excluding hydrogens is 232 g/mol. The summed E-state index contributed by atoms with van der Waals surface area (Å²) in [4.78, 5) is 0. The first-order chi connectivity index (χ1) is 8.93. The van der Waals surface area contributed by atoms with Crippen LogP contribution in [0, 0.1) is 27.7 Å². The minimum absolute atomic E-state index is 0.867. The monoisotopic (exact) mass is 252 g/mol. The number of nitrogen functional groups attached to an aromatic ring is 2. The lowest BCUT2D eigenvalue weighted by molar-refractivity contribution is 1.21. The quantitative estimate of drug-likeness (QED) is 0.600. The highest BCUT2D eigenvalue weighted by Gasteiger charge is 2.27. The van der Waals surface area contributed by atoms with Crippen LogP contribution in [-0.2, 0) is 6.42 Å². The molecule has 0 fully saturated rings. The highest BCUT2D eigenvalue weighted by atomic mass is 14.6. The Hall–Kier alpha value is -1.96. The maximum atomic E-state index is 6.34. The van der Waals surface area contributed by atoms with Crippen LogP contribution in [-0.4, -0.2) is 0 Å². The van der Waals surface area contributed by atoms with Gasteiger partial charge in [0.15, 0.2) is 0 Å². The average molecular weight is 252 g/mol. The first kappa shape index (κ1) is 12.1. The first-order valence-corrected chi connectivity index (χ1v) is 6.70. The van der Waals surface area contributed by atoms with Gasteiger partial charge in [0.05, 0.1) is 0 Å². The standard InChI is InChI=1S/C17H20N2/c1-8-5-6-14(18)12-7-13-16(15(8)12)10(3)9(2)11(4)17(13)19/h5-6H,7,18-19H2,1-4H3. The smallest absolute Gasteiger partial charge is 0.0388 e. The van der Waals surface area contributed by atoms with E-state index in [0.717, 1.165) is 17.8 Å². The van der Waals surface area contributed by atoms with E-state index in [-0.39, 0.29) is 0 Å². The summed E-state index contributed by atoms with van der Waals surface area (Å²) in [6.45, 7) is 8.61. The highest BCUT2D eigenvalue weighted by molar-refractivity contribution is 5.90. The van der Waals surface area contributed by atoms with Gasteiger partial charge < -0.3 is 11.5 Å². The molecule has 0 aliphatic heterocycles. The second kappa shape index (κ2) is 3.77. The van der Waals surface area contributed by atoms with E-state index in [4.69, 9.17) is 11.5 Å². The van der Waals surface area contributed by atoms with Crippen molar-refractivity contribution in [1.82, 2.24) is 0 Å². The second-order valence-electron chi connectivity index (χ2n) is 5.64. The fourth-order valence-corrected chi connectivity index (χ4v) is 3.28. The number of benzene rings is 2. The Balaban J connectivity index is 2.46. The zero-order chi connectivity index (χ0) is 13.9. The molecule has 0 radical (unpaired) electrons. The lowest BCUT2D eigenvalue weighted by Crippen LogP contribution is -2.01. The number of nitrogens with two attached hydrogens (primary N) is 2. The van der Waals surface area contributed by atoms with Crippen LogP contribution >= 0.6 is 0 Å². The van der Waals surface area contributed by atoms with Crippen LogP contribution in [0.25, 0.3) is 11.1 Å².